The van der Waals surface area contributed by atoms with Gasteiger partial charge in [0.15, 0.2) is 0 Å². The van der Waals surface area contributed by atoms with Gasteiger partial charge in [0.05, 0.1) is 25.1 Å². The average molecular weight is 698 g/mol. The van der Waals surface area contributed by atoms with Gasteiger partial charge in [-0.25, -0.2) is 18.2 Å². The summed E-state index contributed by atoms with van der Waals surface area (Å²) >= 11 is 0. The molecule has 49 heavy (non-hydrogen) atoms. The molecule has 3 fully saturated rings. The minimum atomic E-state index is -3.90. The van der Waals surface area contributed by atoms with Gasteiger partial charge >= 0.3 is 6.09 Å². The number of hydrogen-bond acceptors (Lipinski definition) is 9. The van der Waals surface area contributed by atoms with Crippen LogP contribution in [0.2, 0.25) is 0 Å². The summed E-state index contributed by atoms with van der Waals surface area (Å²) in [5.74, 6) is -1.99. The number of pyridine rings is 1. The number of carbonyl (C=O) groups is 4. The molecular weight excluding hydrogens is 654 g/mol. The van der Waals surface area contributed by atoms with E-state index in [1.807, 2.05) is 43.3 Å². The Balaban J connectivity index is 1.34. The highest BCUT2D eigenvalue weighted by Crippen LogP contribution is 2.46. The molecule has 4 amide bonds. The van der Waals surface area contributed by atoms with Crippen LogP contribution in [0.15, 0.2) is 42.6 Å². The monoisotopic (exact) mass is 697 g/mol. The lowest BCUT2D eigenvalue weighted by molar-refractivity contribution is -0.142. The van der Waals surface area contributed by atoms with Crippen molar-refractivity contribution in [2.75, 3.05) is 13.7 Å². The lowest BCUT2D eigenvalue weighted by Crippen LogP contribution is -2.59. The molecule has 1 aromatic heterocycles. The van der Waals surface area contributed by atoms with Crippen LogP contribution in [0.25, 0.3) is 10.8 Å². The van der Waals surface area contributed by atoms with E-state index in [0.29, 0.717) is 36.8 Å². The maximum absolute atomic E-state index is 14.3. The Morgan fingerprint density at radius 2 is 1.82 bits per heavy atom. The van der Waals surface area contributed by atoms with Crippen LogP contribution < -0.4 is 24.8 Å². The van der Waals surface area contributed by atoms with Crippen molar-refractivity contribution >= 4 is 44.6 Å². The van der Waals surface area contributed by atoms with Gasteiger partial charge < -0.3 is 30.1 Å². The van der Waals surface area contributed by atoms with Crippen molar-refractivity contribution in [3.63, 3.8) is 0 Å². The number of allylic oxidation sites excluding steroid dienone is 1. The van der Waals surface area contributed by atoms with Crippen molar-refractivity contribution in [1.29, 1.82) is 0 Å². The molecule has 1 aromatic carbocycles. The number of nitrogens with zero attached hydrogens (tertiary/aromatic N) is 2. The molecule has 14 nitrogen and oxygen atoms in total. The Bertz CT molecular complexity index is 1780. The smallest absolute Gasteiger partial charge is 0.405 e. The number of aromatic nitrogens is 1. The van der Waals surface area contributed by atoms with Crippen LogP contribution in [0.1, 0.15) is 58.8 Å². The number of sulfonamides is 1. The molecule has 264 valence electrons. The van der Waals surface area contributed by atoms with E-state index in [0.717, 1.165) is 11.8 Å². The van der Waals surface area contributed by atoms with Gasteiger partial charge in [0.25, 0.3) is 5.91 Å². The Labute approximate surface area is 285 Å². The number of hydrogen-bond donors (Lipinski definition) is 4. The molecule has 15 heteroatoms. The summed E-state index contributed by atoms with van der Waals surface area (Å²) in [6, 6.07) is 5.06. The second-order valence-electron chi connectivity index (χ2n) is 13.8. The van der Waals surface area contributed by atoms with E-state index in [9.17, 15) is 32.7 Å². The van der Waals surface area contributed by atoms with Gasteiger partial charge in [-0.05, 0) is 50.0 Å². The first-order valence-corrected chi connectivity index (χ1v) is 18.3. The number of ether oxygens (including phenoxy) is 2. The first-order chi connectivity index (χ1) is 23.3. The normalized spacial score (nSPS) is 31.3. The summed E-state index contributed by atoms with van der Waals surface area (Å²) < 4.78 is 39.5. The third kappa shape index (κ3) is 7.17. The molecular formula is C34H43N5O9S. The molecule has 0 spiro atoms. The number of carbonyl (C=O) groups excluding carboxylic acids is 3. The van der Waals surface area contributed by atoms with Crippen molar-refractivity contribution < 1.29 is 42.2 Å². The minimum Gasteiger partial charge on any atom is -0.494 e. The fourth-order valence-electron chi connectivity index (χ4n) is 7.00. The van der Waals surface area contributed by atoms with Gasteiger partial charge in [0.1, 0.15) is 29.5 Å². The van der Waals surface area contributed by atoms with Crippen molar-refractivity contribution in [2.45, 2.75) is 87.8 Å². The summed E-state index contributed by atoms with van der Waals surface area (Å²) in [5.41, 5.74) is -1.52. The van der Waals surface area contributed by atoms with Crippen molar-refractivity contribution in [2.24, 2.45) is 17.8 Å². The van der Waals surface area contributed by atoms with E-state index in [1.54, 1.807) is 6.92 Å². The summed E-state index contributed by atoms with van der Waals surface area (Å²) in [5, 5.41) is 15.7. The topological polar surface area (TPSA) is 193 Å². The number of nitrogens with one attached hydrogen (secondary N) is 3. The standard InChI is InChI=1S/C34H43N5O9S/c1-19-7-6-8-20(2)28(36-33(43)44)31(41)39-18-22(48-30-25-10-5-4-9-24(25)27(47-3)17-35-30)15-26(39)29(40)37-34(16-21(34)12-11-19)32(42)38-49(45,46)23-13-14-23/h4-5,9-12,17,19-23,26,28,36H,6-8,13-16,18H2,1-3H3,(H,37,40)(H,38,42)(H,43,44)/b12-11-/t19-,20-,21-,22-,26+,28+,34-/m1/s1. The third-order valence-electron chi connectivity index (χ3n) is 10.1. The number of carboxylic acid groups (broad SMARTS) is 1. The van der Waals surface area contributed by atoms with E-state index < -0.39 is 68.7 Å². The third-order valence-corrected chi connectivity index (χ3v) is 12.0. The van der Waals surface area contributed by atoms with Gasteiger partial charge in [0, 0.05) is 23.1 Å². The van der Waals surface area contributed by atoms with Crippen LogP contribution in [0, 0.1) is 17.8 Å². The molecule has 6 rings (SSSR count). The molecule has 0 unspecified atom stereocenters. The first kappa shape index (κ1) is 34.5. The maximum atomic E-state index is 14.3. The quantitative estimate of drug-likeness (QED) is 0.313. The lowest BCUT2D eigenvalue weighted by atomic mass is 9.92. The molecule has 4 aliphatic rings. The van der Waals surface area contributed by atoms with Gasteiger partial charge in [0.2, 0.25) is 27.7 Å². The average Bonchev–Trinajstić information content (AvgIpc) is 3.99. The second-order valence-corrected chi connectivity index (χ2v) is 15.8. The van der Waals surface area contributed by atoms with Crippen LogP contribution in [-0.2, 0) is 24.4 Å². The minimum absolute atomic E-state index is 0.0173. The molecule has 2 saturated carbocycles. The van der Waals surface area contributed by atoms with Crippen LogP contribution in [0.5, 0.6) is 11.6 Å². The highest BCUT2D eigenvalue weighted by atomic mass is 32.2. The first-order valence-electron chi connectivity index (χ1n) is 16.8. The molecule has 3 heterocycles. The van der Waals surface area contributed by atoms with E-state index in [1.165, 1.54) is 18.2 Å². The summed E-state index contributed by atoms with van der Waals surface area (Å²) in [6.07, 6.45) is 6.39. The number of benzene rings is 1. The highest BCUT2D eigenvalue weighted by Gasteiger charge is 2.62. The number of rotatable bonds is 7. The van der Waals surface area contributed by atoms with Crippen LogP contribution in [0.4, 0.5) is 4.79 Å². The van der Waals surface area contributed by atoms with Crippen molar-refractivity contribution in [3.8, 4) is 11.6 Å². The zero-order chi connectivity index (χ0) is 35.1. The fourth-order valence-corrected chi connectivity index (χ4v) is 8.37. The molecule has 4 N–H and O–H groups in total. The van der Waals surface area contributed by atoms with Crippen LogP contribution >= 0.6 is 0 Å². The summed E-state index contributed by atoms with van der Waals surface area (Å²) in [7, 11) is -2.36. The highest BCUT2D eigenvalue weighted by molar-refractivity contribution is 7.91. The number of methoxy groups -OCH3 is 1. The predicted molar refractivity (Wildman–Crippen MR) is 178 cm³/mol. The largest absolute Gasteiger partial charge is 0.494 e. The Morgan fingerprint density at radius 1 is 1.08 bits per heavy atom. The van der Waals surface area contributed by atoms with E-state index in [2.05, 4.69) is 20.3 Å². The summed E-state index contributed by atoms with van der Waals surface area (Å²) in [6.45, 7) is 3.76. The molecule has 7 atom stereocenters. The van der Waals surface area contributed by atoms with Gasteiger partial charge in [-0.15, -0.1) is 0 Å². The van der Waals surface area contributed by atoms with Crippen LogP contribution in [0.3, 0.4) is 0 Å². The van der Waals surface area contributed by atoms with Crippen LogP contribution in [-0.4, -0.2) is 89.9 Å². The molecule has 2 aliphatic heterocycles. The van der Waals surface area contributed by atoms with Crippen molar-refractivity contribution in [1.82, 2.24) is 25.2 Å². The van der Waals surface area contributed by atoms with E-state index >= 15 is 0 Å². The number of amides is 4. The SMILES string of the molecule is COc1cnc(O[C@@H]2C[C@H]3C(=O)N[C@]4(C(=O)NS(=O)(=O)C5CC5)C[C@H]4/C=C\[C@H](C)CCC[C@@H](C)[C@H](NC(=O)O)C(=O)N3C2)c2ccccc12. The zero-order valence-electron chi connectivity index (χ0n) is 27.8. The van der Waals surface area contributed by atoms with E-state index in [4.69, 9.17) is 9.47 Å². The Hall–Kier alpha value is -4.40. The number of fused-ring (bicyclic) bond motifs is 3. The Morgan fingerprint density at radius 3 is 2.51 bits per heavy atom. The lowest BCUT2D eigenvalue weighted by Gasteiger charge is -2.31. The van der Waals surface area contributed by atoms with Gasteiger partial charge in [-0.3, -0.25) is 19.1 Å². The van der Waals surface area contributed by atoms with Gasteiger partial charge in [-0.2, -0.15) is 0 Å². The Kier molecular flexibility index (Phi) is 9.48. The fraction of sp³-hybridized carbons (Fsp3) is 0.559. The molecule has 2 aliphatic carbocycles. The second kappa shape index (κ2) is 13.5. The maximum Gasteiger partial charge on any atom is 0.405 e. The molecule has 0 radical (unpaired) electrons. The molecule has 1 saturated heterocycles. The molecule has 2 aromatic rings. The zero-order valence-corrected chi connectivity index (χ0v) is 28.6. The van der Waals surface area contributed by atoms with E-state index in [-0.39, 0.29) is 37.1 Å². The van der Waals surface area contributed by atoms with Crippen molar-refractivity contribution in [3.05, 3.63) is 42.6 Å². The van der Waals surface area contributed by atoms with Gasteiger partial charge in [-0.1, -0.05) is 50.6 Å². The molecule has 0 bridgehead atoms. The predicted octanol–water partition coefficient (Wildman–Crippen LogP) is 2.72. The summed E-state index contributed by atoms with van der Waals surface area (Å²) in [4.78, 5) is 59.8.